The molecule has 12 nitrogen and oxygen atoms in total. The molecule has 3 aliphatic carbocycles. The molecule has 6 amide bonds. The van der Waals surface area contributed by atoms with E-state index in [2.05, 4.69) is 22.9 Å². The van der Waals surface area contributed by atoms with Crippen molar-refractivity contribution in [1.82, 2.24) is 25.8 Å². The lowest BCUT2D eigenvalue weighted by Crippen LogP contribution is -2.64. The second-order valence-electron chi connectivity index (χ2n) is 15.2. The summed E-state index contributed by atoms with van der Waals surface area (Å²) in [7, 11) is 1.75. The van der Waals surface area contributed by atoms with Crippen LogP contribution in [-0.2, 0) is 30.5 Å². The lowest BCUT2D eigenvalue weighted by Gasteiger charge is -2.40. The molecule has 1 saturated heterocycles. The molecule has 296 valence electrons. The standard InChI is InChI=1S/C34H50N6O6.C5H10.C2H6/c1-3-25(28(41)29(35)42)36-30(43)26-18-13-21-40(26)31(44)27(24-16-9-5-10-17-24)37-33(46)38-34(19-11-6-12-20-34)32(45)39(2)22-23-14-7-4-8-15-23;1-5-3-2-4-5;1-2/h4,7-8,14-15,24-27H,3,5-6,9-13,16-22H2,1-2H3,(H2,35,42)(H,36,43)(H2,37,38,46);5H,2-4H2,1H3;1-2H3/t25?,26-,27?;;/m0../s1. The molecule has 0 radical (unpaired) electrons. The number of rotatable bonds is 12. The van der Waals surface area contributed by atoms with Crippen molar-refractivity contribution >= 4 is 35.4 Å². The summed E-state index contributed by atoms with van der Waals surface area (Å²) in [5.74, 6) is -2.08. The Morgan fingerprint density at radius 1 is 0.849 bits per heavy atom. The maximum atomic E-state index is 14.2. The van der Waals surface area contributed by atoms with Gasteiger partial charge in [0.1, 0.15) is 17.6 Å². The van der Waals surface area contributed by atoms with Gasteiger partial charge in [-0.25, -0.2) is 4.79 Å². The van der Waals surface area contributed by atoms with E-state index in [0.29, 0.717) is 38.8 Å². The van der Waals surface area contributed by atoms with Crippen LogP contribution in [0, 0.1) is 11.8 Å². The average molecular weight is 739 g/mol. The lowest BCUT2D eigenvalue weighted by atomic mass is 9.80. The fourth-order valence-corrected chi connectivity index (χ4v) is 7.97. The minimum atomic E-state index is -1.13. The predicted molar refractivity (Wildman–Crippen MR) is 206 cm³/mol. The maximum Gasteiger partial charge on any atom is 0.316 e. The summed E-state index contributed by atoms with van der Waals surface area (Å²) in [6.07, 6.45) is 13.7. The van der Waals surface area contributed by atoms with Gasteiger partial charge in [0, 0.05) is 20.1 Å². The number of benzene rings is 1. The summed E-state index contributed by atoms with van der Waals surface area (Å²) in [5, 5.41) is 8.60. The molecule has 3 saturated carbocycles. The van der Waals surface area contributed by atoms with Gasteiger partial charge in [0.15, 0.2) is 0 Å². The third-order valence-corrected chi connectivity index (χ3v) is 11.3. The molecule has 1 aromatic carbocycles. The Balaban J connectivity index is 0.000000980. The summed E-state index contributed by atoms with van der Waals surface area (Å²) >= 11 is 0. The van der Waals surface area contributed by atoms with Gasteiger partial charge in [-0.1, -0.05) is 116 Å². The number of carbonyl (C=O) groups excluding carboxylic acids is 6. The molecule has 3 atom stereocenters. The van der Waals surface area contributed by atoms with E-state index in [1.54, 1.807) is 18.9 Å². The van der Waals surface area contributed by atoms with Crippen LogP contribution in [0.1, 0.15) is 136 Å². The van der Waals surface area contributed by atoms with E-state index in [1.165, 1.54) is 24.2 Å². The monoisotopic (exact) mass is 739 g/mol. The molecule has 5 rings (SSSR count). The molecule has 4 aliphatic rings. The van der Waals surface area contributed by atoms with Crippen LogP contribution >= 0.6 is 0 Å². The lowest BCUT2D eigenvalue weighted by molar-refractivity contribution is -0.143. The van der Waals surface area contributed by atoms with Gasteiger partial charge in [0.05, 0.1) is 6.04 Å². The Kier molecular flexibility index (Phi) is 17.8. The number of Topliss-reactive ketones (excluding diaryl/α,β-unsaturated/α-hetero) is 1. The molecule has 5 N–H and O–H groups in total. The second-order valence-corrected chi connectivity index (χ2v) is 15.2. The predicted octanol–water partition coefficient (Wildman–Crippen LogP) is 5.37. The van der Waals surface area contributed by atoms with E-state index in [0.717, 1.165) is 62.8 Å². The number of ketones is 1. The summed E-state index contributed by atoms with van der Waals surface area (Å²) in [4.78, 5) is 82.0. The van der Waals surface area contributed by atoms with Gasteiger partial charge >= 0.3 is 6.03 Å². The Morgan fingerprint density at radius 3 is 2.00 bits per heavy atom. The number of nitrogens with one attached hydrogen (secondary N) is 3. The number of urea groups is 1. The van der Waals surface area contributed by atoms with E-state index in [4.69, 9.17) is 5.73 Å². The zero-order chi connectivity index (χ0) is 39.0. The topological polar surface area (TPSA) is 171 Å². The highest BCUT2D eigenvalue weighted by molar-refractivity contribution is 6.37. The van der Waals surface area contributed by atoms with Gasteiger partial charge in [0.2, 0.25) is 23.5 Å². The van der Waals surface area contributed by atoms with E-state index < -0.39 is 47.3 Å². The van der Waals surface area contributed by atoms with Gasteiger partial charge in [-0.3, -0.25) is 24.0 Å². The second kappa shape index (κ2) is 21.7. The normalized spacial score (nSPS) is 20.8. The van der Waals surface area contributed by atoms with E-state index in [1.807, 2.05) is 44.2 Å². The molecule has 53 heavy (non-hydrogen) atoms. The van der Waals surface area contributed by atoms with Crippen molar-refractivity contribution in [2.45, 2.75) is 161 Å². The molecule has 0 spiro atoms. The van der Waals surface area contributed by atoms with Crippen LogP contribution in [0.5, 0.6) is 0 Å². The van der Waals surface area contributed by atoms with Crippen molar-refractivity contribution < 1.29 is 28.8 Å². The summed E-state index contributed by atoms with van der Waals surface area (Å²) in [6, 6.07) is 6.36. The van der Waals surface area contributed by atoms with Crippen LogP contribution in [0.4, 0.5) is 4.79 Å². The smallest absolute Gasteiger partial charge is 0.316 e. The highest BCUT2D eigenvalue weighted by atomic mass is 16.2. The van der Waals surface area contributed by atoms with Gasteiger partial charge in [-0.05, 0) is 62.3 Å². The largest absolute Gasteiger partial charge is 0.363 e. The zero-order valence-corrected chi connectivity index (χ0v) is 32.9. The fraction of sp³-hybridized carbons (Fsp3) is 0.707. The van der Waals surface area contributed by atoms with Gasteiger partial charge in [-0.2, -0.15) is 0 Å². The first-order valence-electron chi connectivity index (χ1n) is 20.3. The molecule has 1 heterocycles. The fourth-order valence-electron chi connectivity index (χ4n) is 7.97. The Hall–Kier alpha value is -3.96. The number of primary amides is 1. The highest BCUT2D eigenvalue weighted by Gasteiger charge is 2.45. The van der Waals surface area contributed by atoms with Gasteiger partial charge in [0.25, 0.3) is 5.91 Å². The number of hydrogen-bond acceptors (Lipinski definition) is 6. The van der Waals surface area contributed by atoms with E-state index in [9.17, 15) is 28.8 Å². The molecule has 4 fully saturated rings. The molecule has 1 aromatic rings. The first kappa shape index (κ1) is 43.4. The Morgan fingerprint density at radius 2 is 1.45 bits per heavy atom. The number of nitrogens with zero attached hydrogens (tertiary/aromatic N) is 2. The number of amides is 6. The van der Waals surface area contributed by atoms with E-state index in [-0.39, 0.29) is 24.2 Å². The summed E-state index contributed by atoms with van der Waals surface area (Å²) < 4.78 is 0. The maximum absolute atomic E-state index is 14.2. The van der Waals surface area contributed by atoms with Crippen LogP contribution in [0.3, 0.4) is 0 Å². The highest BCUT2D eigenvalue weighted by Crippen LogP contribution is 2.32. The molecule has 0 aromatic heterocycles. The van der Waals surface area contributed by atoms with E-state index >= 15 is 0 Å². The molecular weight excluding hydrogens is 672 g/mol. The third-order valence-electron chi connectivity index (χ3n) is 11.3. The van der Waals surface area contributed by atoms with Crippen molar-refractivity contribution in [3.05, 3.63) is 35.9 Å². The third kappa shape index (κ3) is 12.3. The minimum Gasteiger partial charge on any atom is -0.363 e. The van der Waals surface area contributed by atoms with Crippen molar-refractivity contribution in [2.24, 2.45) is 17.6 Å². The van der Waals surface area contributed by atoms with Gasteiger partial charge in [-0.15, -0.1) is 0 Å². The minimum absolute atomic E-state index is 0.116. The van der Waals surface area contributed by atoms with Crippen molar-refractivity contribution in [1.29, 1.82) is 0 Å². The SMILES string of the molecule is CC.CC1CCC1.CCC(NC(=O)[C@@H]1CCCN1C(=O)C(NC(=O)NC1(C(=O)N(C)Cc2ccccc2)CCCCC1)C1CCCCC1)C(=O)C(N)=O. The first-order chi connectivity index (χ1) is 25.5. The molecule has 0 bridgehead atoms. The van der Waals surface area contributed by atoms with Crippen molar-refractivity contribution in [2.75, 3.05) is 13.6 Å². The molecule has 12 heteroatoms. The summed E-state index contributed by atoms with van der Waals surface area (Å²) in [6.45, 7) is 8.71. The molecule has 1 aliphatic heterocycles. The number of likely N-dealkylation sites (N-methyl/N-ethyl adjacent to an activating group) is 1. The van der Waals surface area contributed by atoms with Crippen LogP contribution in [0.2, 0.25) is 0 Å². The summed E-state index contributed by atoms with van der Waals surface area (Å²) in [5.41, 5.74) is 5.07. The average Bonchev–Trinajstić information content (AvgIpc) is 3.67. The van der Waals surface area contributed by atoms with Crippen molar-refractivity contribution in [3.63, 3.8) is 0 Å². The number of likely N-dealkylation sites (tertiary alicyclic amines) is 1. The Bertz CT molecular complexity index is 1360. The quantitative estimate of drug-likeness (QED) is 0.210. The van der Waals surface area contributed by atoms with Crippen molar-refractivity contribution in [3.8, 4) is 0 Å². The van der Waals surface area contributed by atoms with Crippen LogP contribution in [-0.4, -0.2) is 82.5 Å². The number of nitrogens with two attached hydrogens (primary N) is 1. The van der Waals surface area contributed by atoms with Crippen LogP contribution < -0.4 is 21.7 Å². The zero-order valence-electron chi connectivity index (χ0n) is 32.9. The molecular formula is C41H66N6O6. The Labute approximate surface area is 317 Å². The molecule has 2 unspecified atom stereocenters. The number of carbonyl (C=O) groups is 6. The number of hydrogen-bond donors (Lipinski definition) is 4. The van der Waals surface area contributed by atoms with Gasteiger partial charge < -0.3 is 31.5 Å². The first-order valence-corrected chi connectivity index (χ1v) is 20.3. The van der Waals surface area contributed by atoms with Crippen LogP contribution in [0.15, 0.2) is 30.3 Å². The van der Waals surface area contributed by atoms with Crippen LogP contribution in [0.25, 0.3) is 0 Å².